The van der Waals surface area contributed by atoms with E-state index in [-0.39, 0.29) is 7.57 Å². The van der Waals surface area contributed by atoms with Gasteiger partial charge in [0.1, 0.15) is 4.88 Å². The lowest BCUT2D eigenvalue weighted by molar-refractivity contribution is -0.441. The normalized spacial score (nSPS) is 15.3. The zero-order valence-electron chi connectivity index (χ0n) is 12.9. The van der Waals surface area contributed by atoms with Crippen molar-refractivity contribution in [1.82, 2.24) is 0 Å². The van der Waals surface area contributed by atoms with Crippen molar-refractivity contribution >= 4 is 64.6 Å². The first kappa shape index (κ1) is 25.9. The molecule has 0 amide bonds. The van der Waals surface area contributed by atoms with Crippen molar-refractivity contribution in [3.63, 3.8) is 0 Å². The average molecular weight is 634 g/mol. The van der Waals surface area contributed by atoms with Gasteiger partial charge in [0.15, 0.2) is 5.82 Å². The van der Waals surface area contributed by atoms with E-state index in [0.717, 1.165) is 0 Å². The van der Waals surface area contributed by atoms with E-state index in [2.05, 4.69) is 31.9 Å². The zero-order chi connectivity index (χ0) is 23.9. The minimum atomic E-state index is -8.03. The Morgan fingerprint density at radius 3 is 1.40 bits per heavy atom. The first-order chi connectivity index (χ1) is 13.1. The van der Waals surface area contributed by atoms with Crippen LogP contribution in [-0.2, 0) is 5.92 Å². The van der Waals surface area contributed by atoms with Crippen LogP contribution in [0.25, 0.3) is 10.1 Å². The van der Waals surface area contributed by atoms with Crippen molar-refractivity contribution in [2.45, 2.75) is 35.8 Å². The molecule has 30 heavy (non-hydrogen) atoms. The van der Waals surface area contributed by atoms with Gasteiger partial charge in [0.2, 0.25) is 0 Å². The van der Waals surface area contributed by atoms with Gasteiger partial charge in [-0.1, -0.05) is 0 Å². The van der Waals surface area contributed by atoms with Gasteiger partial charge < -0.3 is 0 Å². The van der Waals surface area contributed by atoms with Crippen molar-refractivity contribution in [2.75, 3.05) is 0 Å². The Balaban J connectivity index is 2.72. The van der Waals surface area contributed by atoms with E-state index in [1.807, 2.05) is 0 Å². The van der Waals surface area contributed by atoms with Crippen LogP contribution in [0.1, 0.15) is 4.88 Å². The van der Waals surface area contributed by atoms with Crippen LogP contribution in [0.5, 0.6) is 0 Å². The van der Waals surface area contributed by atoms with Crippen molar-refractivity contribution in [1.29, 1.82) is 0 Å². The summed E-state index contributed by atoms with van der Waals surface area (Å²) in [7, 11) is 0. The van der Waals surface area contributed by atoms with E-state index in [0.29, 0.717) is 11.3 Å². The summed E-state index contributed by atoms with van der Waals surface area (Å²) in [4.78, 5) is -2.57. The second kappa shape index (κ2) is 7.07. The van der Waals surface area contributed by atoms with E-state index in [1.165, 1.54) is 0 Å². The quantitative estimate of drug-likeness (QED) is 0.289. The first-order valence-electron chi connectivity index (χ1n) is 6.59. The van der Waals surface area contributed by atoms with Gasteiger partial charge in [-0.3, -0.25) is 0 Å². The number of alkyl halides is 13. The van der Waals surface area contributed by atoms with Crippen LogP contribution in [0.2, 0.25) is 0 Å². The molecule has 0 aromatic carbocycles. The maximum Gasteiger partial charge on any atom is 0.460 e. The fourth-order valence-electron chi connectivity index (χ4n) is 2.02. The lowest BCUT2D eigenvalue weighted by Crippen LogP contribution is -2.69. The molecule has 0 atom stereocenters. The number of thiophene rings is 2. The van der Waals surface area contributed by atoms with E-state index in [4.69, 9.17) is 0 Å². The number of fused-ring (bicyclic) bond motifs is 1. The van der Waals surface area contributed by atoms with Crippen molar-refractivity contribution in [2.24, 2.45) is 0 Å². The molecule has 0 saturated heterocycles. The molecule has 0 radical (unpaired) electrons. The van der Waals surface area contributed by atoms with Crippen LogP contribution in [0.3, 0.4) is 0 Å². The smallest absolute Gasteiger partial charge is 0.205 e. The third-order valence-corrected chi connectivity index (χ3v) is 7.80. The number of halogens is 16. The molecule has 0 fully saturated rings. The Morgan fingerprint density at radius 1 is 0.567 bits per heavy atom. The number of hydrogen-bond acceptors (Lipinski definition) is 2. The van der Waals surface area contributed by atoms with Crippen molar-refractivity contribution in [3.05, 3.63) is 18.3 Å². The van der Waals surface area contributed by atoms with Gasteiger partial charge in [0, 0.05) is 0 Å². The summed E-state index contributed by atoms with van der Waals surface area (Å²) in [6.45, 7) is 0. The summed E-state index contributed by atoms with van der Waals surface area (Å²) in [5.74, 6) is -40.3. The van der Waals surface area contributed by atoms with Crippen molar-refractivity contribution < 1.29 is 61.5 Å². The highest BCUT2D eigenvalue weighted by Crippen LogP contribution is 2.63. The van der Waals surface area contributed by atoms with Crippen LogP contribution in [0, 0.1) is 5.82 Å². The van der Waals surface area contributed by atoms with Crippen LogP contribution in [-0.4, -0.2) is 29.9 Å². The molecule has 0 aliphatic carbocycles. The second-order valence-electron chi connectivity index (χ2n) is 5.47. The fourth-order valence-corrected chi connectivity index (χ4v) is 6.57. The number of hydrogen-bond donors (Lipinski definition) is 0. The molecule has 2 aromatic rings. The molecule has 0 bridgehead atoms. The molecule has 0 spiro atoms. The highest BCUT2D eigenvalue weighted by Gasteiger charge is 2.91. The van der Waals surface area contributed by atoms with Gasteiger partial charge in [-0.25, -0.2) is 4.39 Å². The van der Waals surface area contributed by atoms with Crippen molar-refractivity contribution in [3.8, 4) is 0 Å². The molecule has 0 aliphatic rings. The van der Waals surface area contributed by atoms with Gasteiger partial charge in [-0.15, -0.1) is 22.7 Å². The molecule has 0 nitrogen and oxygen atoms in total. The largest absolute Gasteiger partial charge is 0.460 e. The maximum absolute atomic E-state index is 14.2. The molecule has 0 saturated carbocycles. The number of rotatable bonds is 5. The summed E-state index contributed by atoms with van der Waals surface area (Å²) in [5, 5.41) is -0.849. The zero-order valence-corrected chi connectivity index (χ0v) is 17.7. The third-order valence-electron chi connectivity index (χ3n) is 3.62. The highest BCUT2D eigenvalue weighted by atomic mass is 79.9. The first-order valence-corrected chi connectivity index (χ1v) is 9.81. The lowest BCUT2D eigenvalue weighted by atomic mass is 9.93. The Bertz CT molecular complexity index is 970. The monoisotopic (exact) mass is 632 g/mol. The van der Waals surface area contributed by atoms with E-state index >= 15 is 0 Å². The van der Waals surface area contributed by atoms with Gasteiger partial charge in [-0.05, 0) is 31.9 Å². The summed E-state index contributed by atoms with van der Waals surface area (Å²) in [5.41, 5.74) is 0. The average Bonchev–Trinajstić information content (AvgIpc) is 3.04. The van der Waals surface area contributed by atoms with Gasteiger partial charge >= 0.3 is 35.8 Å². The fraction of sp³-hybridized carbons (Fsp3) is 0.500. The summed E-state index contributed by atoms with van der Waals surface area (Å²) in [6.07, 6.45) is -7.50. The van der Waals surface area contributed by atoms with E-state index in [1.54, 1.807) is 0 Å². The molecular formula is C12Br2F14S2. The molecule has 172 valence electrons. The van der Waals surface area contributed by atoms with Crippen LogP contribution in [0.4, 0.5) is 61.5 Å². The minimum absolute atomic E-state index is 0.181. The van der Waals surface area contributed by atoms with E-state index < -0.39 is 67.9 Å². The standard InChI is InChI=1S/C12Br2F14S2/c13-5-1-2(15)4(29-3(1)6(14)30-5)7(16,17)8(18,19)9(20,21)10(22,23)11(24,25)12(26,27)28. The maximum atomic E-state index is 14.2. The molecular weight excluding hydrogens is 634 g/mol. The minimum Gasteiger partial charge on any atom is -0.205 e. The summed E-state index contributed by atoms with van der Waals surface area (Å²) < 4.78 is 185. The molecule has 2 heterocycles. The predicted octanol–water partition coefficient (Wildman–Crippen LogP) is 8.82. The summed E-state index contributed by atoms with van der Waals surface area (Å²) >= 11 is 5.37. The SMILES string of the molecule is Fc1c(C(F)(F)C(F)(F)C(F)(F)C(F)(F)C(F)(F)C(F)(F)F)sc2c(Br)sc(Br)c12. The van der Waals surface area contributed by atoms with Gasteiger partial charge in [-0.2, -0.15) is 57.1 Å². The Hall–Kier alpha value is -0.360. The Labute approximate surface area is 180 Å². The Morgan fingerprint density at radius 2 is 1.00 bits per heavy atom. The molecule has 18 heteroatoms. The van der Waals surface area contributed by atoms with Crippen LogP contribution < -0.4 is 0 Å². The Kier molecular flexibility index (Phi) is 6.10. The van der Waals surface area contributed by atoms with Crippen LogP contribution >= 0.6 is 54.5 Å². The van der Waals surface area contributed by atoms with Gasteiger partial charge in [0.05, 0.1) is 17.7 Å². The second-order valence-corrected chi connectivity index (χ2v) is 10.1. The van der Waals surface area contributed by atoms with Crippen LogP contribution in [0.15, 0.2) is 7.57 Å². The third kappa shape index (κ3) is 3.17. The predicted molar refractivity (Wildman–Crippen MR) is 84.8 cm³/mol. The topological polar surface area (TPSA) is 0 Å². The molecule has 2 aromatic heterocycles. The molecule has 0 unspecified atom stereocenters. The highest BCUT2D eigenvalue weighted by molar-refractivity contribution is 9.12. The molecule has 0 aliphatic heterocycles. The molecule has 2 rings (SSSR count). The summed E-state index contributed by atoms with van der Waals surface area (Å²) in [6, 6.07) is 0. The van der Waals surface area contributed by atoms with Gasteiger partial charge in [0.25, 0.3) is 0 Å². The van der Waals surface area contributed by atoms with E-state index in [9.17, 15) is 61.5 Å². The lowest BCUT2D eigenvalue weighted by Gasteiger charge is -2.39. The molecule has 0 N–H and O–H groups in total.